The highest BCUT2D eigenvalue weighted by Crippen LogP contribution is 2.05. The van der Waals surface area contributed by atoms with Crippen molar-refractivity contribution in [1.82, 2.24) is 0 Å². The van der Waals surface area contributed by atoms with Gasteiger partial charge in [0.05, 0.1) is 6.10 Å². The summed E-state index contributed by atoms with van der Waals surface area (Å²) in [5, 5.41) is 0. The quantitative estimate of drug-likeness (QED) is 0.470. The first-order valence-electron chi connectivity index (χ1n) is 4.37. The molecule has 0 aliphatic rings. The molecule has 0 aliphatic heterocycles. The van der Waals surface area contributed by atoms with Crippen LogP contribution in [-0.2, 0) is 8.53 Å². The predicted molar refractivity (Wildman–Crippen MR) is 48.9 cm³/mol. The molecule has 0 heterocycles. The van der Waals surface area contributed by atoms with Gasteiger partial charge in [-0.15, -0.1) is 0 Å². The van der Waals surface area contributed by atoms with E-state index in [-0.39, 0.29) is 12.4 Å². The summed E-state index contributed by atoms with van der Waals surface area (Å²) < 4.78 is 11.1. The molecule has 2 nitrogen and oxygen atoms in total. The smallest absolute Gasteiger partial charge is 0.455 e. The van der Waals surface area contributed by atoms with Gasteiger partial charge in [-0.25, -0.2) is 0 Å². The van der Waals surface area contributed by atoms with Crippen LogP contribution in [0.1, 0.15) is 27.2 Å². The average Bonchev–Trinajstić information content (AvgIpc) is 1.84. The van der Waals surface area contributed by atoms with Crippen molar-refractivity contribution in [2.24, 2.45) is 0 Å². The molecular weight excluding hydrogens is 155 g/mol. The van der Waals surface area contributed by atoms with Crippen molar-refractivity contribution < 1.29 is 8.53 Å². The minimum Gasteiger partial charge on any atom is -0.478 e. The van der Waals surface area contributed by atoms with Crippen LogP contribution in [0, 0.1) is 0 Å². The van der Waals surface area contributed by atoms with Crippen LogP contribution in [0.25, 0.3) is 0 Å². The molecule has 0 saturated heterocycles. The molecule has 0 spiro atoms. The van der Waals surface area contributed by atoms with Gasteiger partial charge in [0.15, 0.2) is 0 Å². The molecule has 0 aromatic carbocycles. The number of ether oxygens (including phenoxy) is 1. The van der Waals surface area contributed by atoms with E-state index in [9.17, 15) is 0 Å². The van der Waals surface area contributed by atoms with E-state index in [1.54, 1.807) is 0 Å². The lowest BCUT2D eigenvalue weighted by Gasteiger charge is -2.21. The third kappa shape index (κ3) is 6.84. The SMILES string of the molecule is CCC(OC(C)C)[O][Al]([CH3])[CH3]. The molecule has 0 aliphatic carbocycles. The molecule has 0 N–H and O–H groups in total. The Morgan fingerprint density at radius 3 is 2.09 bits per heavy atom. The van der Waals surface area contributed by atoms with E-state index in [1.165, 1.54) is 0 Å². The first-order valence-corrected chi connectivity index (χ1v) is 7.15. The fourth-order valence-corrected chi connectivity index (χ4v) is 1.70. The maximum absolute atomic E-state index is 5.63. The maximum atomic E-state index is 5.63. The average molecular weight is 174 g/mol. The molecule has 0 bridgehead atoms. The van der Waals surface area contributed by atoms with Crippen LogP contribution in [0.5, 0.6) is 0 Å². The second-order valence-electron chi connectivity index (χ2n) is 3.21. The molecule has 0 saturated carbocycles. The van der Waals surface area contributed by atoms with Crippen molar-refractivity contribution in [3.05, 3.63) is 0 Å². The zero-order valence-electron chi connectivity index (χ0n) is 8.26. The summed E-state index contributed by atoms with van der Waals surface area (Å²) in [5.74, 6) is 4.32. The molecule has 0 aromatic heterocycles. The fraction of sp³-hybridized carbons (Fsp3) is 1.00. The second kappa shape index (κ2) is 6.02. The van der Waals surface area contributed by atoms with Gasteiger partial charge in [0.2, 0.25) is 0 Å². The fourth-order valence-electron chi connectivity index (χ4n) is 0.832. The van der Waals surface area contributed by atoms with E-state index in [0.29, 0.717) is 0 Å². The zero-order valence-corrected chi connectivity index (χ0v) is 9.41. The van der Waals surface area contributed by atoms with E-state index in [4.69, 9.17) is 8.53 Å². The molecule has 0 radical (unpaired) electrons. The minimum atomic E-state index is -0.930. The maximum Gasteiger partial charge on any atom is 0.455 e. The van der Waals surface area contributed by atoms with E-state index in [2.05, 4.69) is 18.5 Å². The Kier molecular flexibility index (Phi) is 6.27. The van der Waals surface area contributed by atoms with Crippen molar-refractivity contribution in [3.63, 3.8) is 0 Å². The van der Waals surface area contributed by atoms with Gasteiger partial charge in [0.25, 0.3) is 0 Å². The van der Waals surface area contributed by atoms with Crippen molar-refractivity contribution in [3.8, 4) is 0 Å². The van der Waals surface area contributed by atoms with E-state index < -0.39 is 14.5 Å². The van der Waals surface area contributed by atoms with Gasteiger partial charge in [-0.1, -0.05) is 18.5 Å². The molecule has 1 unspecified atom stereocenters. The normalized spacial score (nSPS) is 13.6. The topological polar surface area (TPSA) is 18.5 Å². The summed E-state index contributed by atoms with van der Waals surface area (Å²) in [5.41, 5.74) is 0. The standard InChI is InChI=1S/C6H13O2.2CH3.Al/c1-4-6(7)8-5(2)3;;;/h5-6H,4H2,1-3H3;2*1H3;/q-1;;;+1. The monoisotopic (exact) mass is 174 g/mol. The lowest BCUT2D eigenvalue weighted by Crippen LogP contribution is -2.25. The zero-order chi connectivity index (χ0) is 8.85. The van der Waals surface area contributed by atoms with Gasteiger partial charge < -0.3 is 8.53 Å². The summed E-state index contributed by atoms with van der Waals surface area (Å²) in [6.45, 7) is 6.16. The highest BCUT2D eigenvalue weighted by Gasteiger charge is 2.13. The first-order chi connectivity index (χ1) is 5.06. The van der Waals surface area contributed by atoms with Crippen LogP contribution < -0.4 is 0 Å². The summed E-state index contributed by atoms with van der Waals surface area (Å²) in [4.78, 5) is 0. The molecule has 0 fully saturated rings. The highest BCUT2D eigenvalue weighted by atomic mass is 27.2. The summed E-state index contributed by atoms with van der Waals surface area (Å²) >= 11 is -0.930. The molecule has 1 atom stereocenters. The highest BCUT2D eigenvalue weighted by molar-refractivity contribution is 6.48. The van der Waals surface area contributed by atoms with Crippen LogP contribution in [0.15, 0.2) is 0 Å². The molecule has 11 heavy (non-hydrogen) atoms. The lowest BCUT2D eigenvalue weighted by molar-refractivity contribution is -0.111. The van der Waals surface area contributed by atoms with Crippen LogP contribution >= 0.6 is 0 Å². The molecule has 0 aromatic rings. The molecule has 0 rings (SSSR count). The van der Waals surface area contributed by atoms with Gasteiger partial charge in [-0.05, 0) is 20.3 Å². The van der Waals surface area contributed by atoms with Gasteiger partial charge >= 0.3 is 14.5 Å². The van der Waals surface area contributed by atoms with Crippen LogP contribution in [-0.4, -0.2) is 26.9 Å². The van der Waals surface area contributed by atoms with Gasteiger partial charge in [0, 0.05) is 0 Å². The number of rotatable bonds is 5. The third-order valence-corrected chi connectivity index (χ3v) is 2.03. The van der Waals surface area contributed by atoms with Crippen LogP contribution in [0.2, 0.25) is 11.6 Å². The second-order valence-corrected chi connectivity index (χ2v) is 5.58. The van der Waals surface area contributed by atoms with E-state index >= 15 is 0 Å². The molecule has 66 valence electrons. The largest absolute Gasteiger partial charge is 0.478 e. The lowest BCUT2D eigenvalue weighted by atomic mass is 10.4. The Bertz CT molecular complexity index is 84.1. The Labute approximate surface area is 74.6 Å². The molecule has 3 heteroatoms. The van der Waals surface area contributed by atoms with Gasteiger partial charge in [0.1, 0.15) is 6.29 Å². The Hall–Kier alpha value is 0.452. The Morgan fingerprint density at radius 1 is 1.27 bits per heavy atom. The van der Waals surface area contributed by atoms with Gasteiger partial charge in [-0.2, -0.15) is 0 Å². The van der Waals surface area contributed by atoms with Crippen LogP contribution in [0.4, 0.5) is 0 Å². The summed E-state index contributed by atoms with van der Waals surface area (Å²) in [7, 11) is 0. The minimum absolute atomic E-state index is 0.0293. The molecule has 0 amide bonds. The number of hydrogen-bond acceptors (Lipinski definition) is 2. The number of hydrogen-bond donors (Lipinski definition) is 0. The first kappa shape index (κ1) is 11.5. The third-order valence-electron chi connectivity index (χ3n) is 1.18. The van der Waals surface area contributed by atoms with Crippen molar-refractivity contribution in [2.75, 3.05) is 0 Å². The van der Waals surface area contributed by atoms with E-state index in [1.807, 2.05) is 13.8 Å². The molecular formula is C8H19AlO2. The van der Waals surface area contributed by atoms with E-state index in [0.717, 1.165) is 6.42 Å². The Balaban J connectivity index is 3.58. The Morgan fingerprint density at radius 2 is 1.82 bits per heavy atom. The summed E-state index contributed by atoms with van der Waals surface area (Å²) in [6.07, 6.45) is 1.25. The van der Waals surface area contributed by atoms with Crippen LogP contribution in [0.3, 0.4) is 0 Å². The van der Waals surface area contributed by atoms with Crippen molar-refractivity contribution in [2.45, 2.75) is 51.2 Å². The summed E-state index contributed by atoms with van der Waals surface area (Å²) in [6, 6.07) is 0. The van der Waals surface area contributed by atoms with Crippen molar-refractivity contribution in [1.29, 1.82) is 0 Å². The van der Waals surface area contributed by atoms with Crippen molar-refractivity contribution >= 4 is 14.5 Å². The predicted octanol–water partition coefficient (Wildman–Crippen LogP) is 2.42. The van der Waals surface area contributed by atoms with Gasteiger partial charge in [-0.3, -0.25) is 0 Å².